The van der Waals surface area contributed by atoms with Crippen LogP contribution >= 0.6 is 0 Å². The monoisotopic (exact) mass is 262 g/mol. The maximum atomic E-state index is 4.55. The highest BCUT2D eigenvalue weighted by Gasteiger charge is 2.11. The topological polar surface area (TPSA) is 24.9 Å². The van der Waals surface area contributed by atoms with Gasteiger partial charge < -0.3 is 5.32 Å². The molecule has 3 rings (SSSR count). The van der Waals surface area contributed by atoms with Gasteiger partial charge in [0.2, 0.25) is 0 Å². The first-order valence-corrected chi connectivity index (χ1v) is 6.93. The van der Waals surface area contributed by atoms with Gasteiger partial charge in [-0.3, -0.25) is 4.98 Å². The van der Waals surface area contributed by atoms with Crippen LogP contribution in [0.5, 0.6) is 0 Å². The van der Waals surface area contributed by atoms with Crippen molar-refractivity contribution in [2.45, 2.75) is 12.5 Å². The summed E-state index contributed by atoms with van der Waals surface area (Å²) in [6.07, 6.45) is 2.95. The van der Waals surface area contributed by atoms with E-state index in [9.17, 15) is 0 Å². The lowest BCUT2D eigenvalue weighted by Crippen LogP contribution is -2.19. The smallest absolute Gasteiger partial charge is 0.0702 e. The van der Waals surface area contributed by atoms with Crippen LogP contribution in [-0.2, 0) is 6.42 Å². The molecule has 0 bridgehead atoms. The van der Waals surface area contributed by atoms with E-state index in [1.165, 1.54) is 16.5 Å². The summed E-state index contributed by atoms with van der Waals surface area (Å²) in [7, 11) is 2.00. The lowest BCUT2D eigenvalue weighted by molar-refractivity contribution is 0.591. The van der Waals surface area contributed by atoms with Crippen LogP contribution in [0.15, 0.2) is 66.9 Å². The molecule has 1 heterocycles. The lowest BCUT2D eigenvalue weighted by Gasteiger charge is -2.17. The Morgan fingerprint density at radius 3 is 2.55 bits per heavy atom. The number of rotatable bonds is 4. The molecule has 1 atom stereocenters. The zero-order valence-electron chi connectivity index (χ0n) is 11.6. The summed E-state index contributed by atoms with van der Waals surface area (Å²) in [5.41, 5.74) is 3.61. The van der Waals surface area contributed by atoms with Crippen molar-refractivity contribution in [3.8, 4) is 0 Å². The van der Waals surface area contributed by atoms with E-state index in [1.807, 2.05) is 25.4 Å². The molecule has 0 aliphatic rings. The number of nitrogens with one attached hydrogen (secondary N) is 1. The van der Waals surface area contributed by atoms with E-state index < -0.39 is 0 Å². The summed E-state index contributed by atoms with van der Waals surface area (Å²) in [5.74, 6) is 0. The van der Waals surface area contributed by atoms with E-state index in [1.54, 1.807) is 0 Å². The predicted molar refractivity (Wildman–Crippen MR) is 83.7 cm³/mol. The quantitative estimate of drug-likeness (QED) is 0.774. The molecule has 0 radical (unpaired) electrons. The van der Waals surface area contributed by atoms with Crippen molar-refractivity contribution in [2.24, 2.45) is 0 Å². The van der Waals surface area contributed by atoms with Crippen molar-refractivity contribution < 1.29 is 0 Å². The number of para-hydroxylation sites is 1. The van der Waals surface area contributed by atoms with E-state index in [2.05, 4.69) is 58.8 Å². The summed E-state index contributed by atoms with van der Waals surface area (Å²) in [4.78, 5) is 4.55. The zero-order valence-corrected chi connectivity index (χ0v) is 11.6. The molecule has 20 heavy (non-hydrogen) atoms. The highest BCUT2D eigenvalue weighted by molar-refractivity contribution is 5.78. The van der Waals surface area contributed by atoms with Crippen LogP contribution in [0.1, 0.15) is 17.2 Å². The van der Waals surface area contributed by atoms with Gasteiger partial charge in [0.05, 0.1) is 5.52 Å². The summed E-state index contributed by atoms with van der Waals surface area (Å²) in [5, 5.41) is 4.58. The second-order valence-electron chi connectivity index (χ2n) is 4.99. The van der Waals surface area contributed by atoms with Crippen LogP contribution in [0, 0.1) is 0 Å². The lowest BCUT2D eigenvalue weighted by atomic mass is 9.99. The standard InChI is InChI=1S/C18H18N2/c1-19-18(11-14-7-3-2-4-8-14)16-12-15-9-5-6-10-17(15)20-13-16/h2-10,12-13,18-19H,11H2,1H3. The Hall–Kier alpha value is -2.19. The maximum absolute atomic E-state index is 4.55. The van der Waals surface area contributed by atoms with E-state index in [0.717, 1.165) is 11.9 Å². The Morgan fingerprint density at radius 2 is 1.75 bits per heavy atom. The van der Waals surface area contributed by atoms with Crippen LogP contribution in [0.4, 0.5) is 0 Å². The van der Waals surface area contributed by atoms with Crippen molar-refractivity contribution >= 4 is 10.9 Å². The molecule has 1 N–H and O–H groups in total. The summed E-state index contributed by atoms with van der Waals surface area (Å²) < 4.78 is 0. The first-order valence-electron chi connectivity index (χ1n) is 6.93. The van der Waals surface area contributed by atoms with Crippen LogP contribution in [0.3, 0.4) is 0 Å². The van der Waals surface area contributed by atoms with Gasteiger partial charge in [-0.25, -0.2) is 0 Å². The van der Waals surface area contributed by atoms with Gasteiger partial charge in [-0.1, -0.05) is 48.5 Å². The molecule has 3 aromatic rings. The van der Waals surface area contributed by atoms with Crippen LogP contribution < -0.4 is 5.32 Å². The van der Waals surface area contributed by atoms with Crippen LogP contribution in [0.25, 0.3) is 10.9 Å². The average molecular weight is 262 g/mol. The van der Waals surface area contributed by atoms with Crippen molar-refractivity contribution in [3.63, 3.8) is 0 Å². The Morgan fingerprint density at radius 1 is 1.00 bits per heavy atom. The second kappa shape index (κ2) is 5.85. The third-order valence-corrected chi connectivity index (χ3v) is 3.65. The third kappa shape index (κ3) is 2.70. The fourth-order valence-corrected chi connectivity index (χ4v) is 2.51. The summed E-state index contributed by atoms with van der Waals surface area (Å²) in [6.45, 7) is 0. The Balaban J connectivity index is 1.91. The van der Waals surface area contributed by atoms with Gasteiger partial charge in [-0.15, -0.1) is 0 Å². The Kier molecular flexibility index (Phi) is 3.75. The molecule has 2 nitrogen and oxygen atoms in total. The van der Waals surface area contributed by atoms with Gasteiger partial charge >= 0.3 is 0 Å². The van der Waals surface area contributed by atoms with Gasteiger partial charge in [-0.2, -0.15) is 0 Å². The number of benzene rings is 2. The van der Waals surface area contributed by atoms with Gasteiger partial charge in [0.15, 0.2) is 0 Å². The highest BCUT2D eigenvalue weighted by Crippen LogP contribution is 2.21. The van der Waals surface area contributed by atoms with Gasteiger partial charge in [0.1, 0.15) is 0 Å². The number of nitrogens with zero attached hydrogens (tertiary/aromatic N) is 1. The van der Waals surface area contributed by atoms with E-state index >= 15 is 0 Å². The molecule has 2 heteroatoms. The number of hydrogen-bond acceptors (Lipinski definition) is 2. The average Bonchev–Trinajstić information content (AvgIpc) is 2.53. The molecule has 0 saturated carbocycles. The predicted octanol–water partition coefficient (Wildman–Crippen LogP) is 3.74. The van der Waals surface area contributed by atoms with Crippen LogP contribution in [0.2, 0.25) is 0 Å². The number of fused-ring (bicyclic) bond motifs is 1. The molecule has 0 spiro atoms. The van der Waals surface area contributed by atoms with Gasteiger partial charge in [-0.05, 0) is 36.7 Å². The SMILES string of the molecule is CNC(Cc1ccccc1)c1cnc2ccccc2c1. The van der Waals surface area contributed by atoms with Crippen molar-refractivity contribution in [1.82, 2.24) is 10.3 Å². The molecule has 0 aliphatic heterocycles. The molecule has 1 aromatic heterocycles. The fourth-order valence-electron chi connectivity index (χ4n) is 2.51. The summed E-state index contributed by atoms with van der Waals surface area (Å²) >= 11 is 0. The number of pyridine rings is 1. The molecule has 0 amide bonds. The van der Waals surface area contributed by atoms with Crippen molar-refractivity contribution in [2.75, 3.05) is 7.05 Å². The van der Waals surface area contributed by atoms with Gasteiger partial charge in [0.25, 0.3) is 0 Å². The molecular formula is C18H18N2. The highest BCUT2D eigenvalue weighted by atomic mass is 14.9. The minimum Gasteiger partial charge on any atom is -0.313 e. The maximum Gasteiger partial charge on any atom is 0.0702 e. The van der Waals surface area contributed by atoms with Crippen molar-refractivity contribution in [3.05, 3.63) is 78.0 Å². The van der Waals surface area contributed by atoms with E-state index in [-0.39, 0.29) is 6.04 Å². The molecule has 1 unspecified atom stereocenters. The second-order valence-corrected chi connectivity index (χ2v) is 4.99. The van der Waals surface area contributed by atoms with E-state index in [0.29, 0.717) is 0 Å². The molecule has 100 valence electrons. The molecule has 0 saturated heterocycles. The first-order chi connectivity index (χ1) is 9.86. The summed E-state index contributed by atoms with van der Waals surface area (Å²) in [6, 6.07) is 21.3. The molecule has 0 fully saturated rings. The molecule has 0 aliphatic carbocycles. The number of hydrogen-bond donors (Lipinski definition) is 1. The van der Waals surface area contributed by atoms with E-state index in [4.69, 9.17) is 0 Å². The van der Waals surface area contributed by atoms with Gasteiger partial charge in [0, 0.05) is 17.6 Å². The minimum atomic E-state index is 0.287. The normalized spacial score (nSPS) is 12.4. The van der Waals surface area contributed by atoms with Crippen LogP contribution in [-0.4, -0.2) is 12.0 Å². The number of likely N-dealkylation sites (N-methyl/N-ethyl adjacent to an activating group) is 1. The minimum absolute atomic E-state index is 0.287. The Bertz CT molecular complexity index is 692. The first kappa shape index (κ1) is 12.8. The zero-order chi connectivity index (χ0) is 13.8. The molecule has 2 aromatic carbocycles. The molecular weight excluding hydrogens is 244 g/mol. The van der Waals surface area contributed by atoms with Crippen molar-refractivity contribution in [1.29, 1.82) is 0 Å². The Labute approximate surface area is 119 Å². The third-order valence-electron chi connectivity index (χ3n) is 3.65. The largest absolute Gasteiger partial charge is 0.313 e. The fraction of sp³-hybridized carbons (Fsp3) is 0.167. The number of aromatic nitrogens is 1.